The molecule has 0 heterocycles. The van der Waals surface area contributed by atoms with Crippen LogP contribution in [0.2, 0.25) is 0 Å². The normalized spacial score (nSPS) is 16.7. The lowest BCUT2D eigenvalue weighted by molar-refractivity contribution is 0.308. The van der Waals surface area contributed by atoms with Crippen molar-refractivity contribution in [2.45, 2.75) is 80.1 Å². The Bertz CT molecular complexity index is 317. The van der Waals surface area contributed by atoms with E-state index in [-0.39, 0.29) is 0 Å². The van der Waals surface area contributed by atoms with E-state index >= 15 is 0 Å². The molecule has 2 unspecified atom stereocenters. The molecule has 20 heavy (non-hydrogen) atoms. The Morgan fingerprint density at radius 1 is 1.05 bits per heavy atom. The zero-order chi connectivity index (χ0) is 15.4. The van der Waals surface area contributed by atoms with Crippen LogP contribution < -0.4 is 0 Å². The second-order valence-electron chi connectivity index (χ2n) is 6.15. The summed E-state index contributed by atoms with van der Waals surface area (Å²) in [7, 11) is 0. The third-order valence-electron chi connectivity index (χ3n) is 4.46. The van der Waals surface area contributed by atoms with Crippen molar-refractivity contribution in [1.29, 1.82) is 0 Å². The van der Waals surface area contributed by atoms with Crippen molar-refractivity contribution in [2.24, 2.45) is 11.8 Å². The van der Waals surface area contributed by atoms with E-state index < -0.39 is 0 Å². The predicted octanol–water partition coefficient (Wildman–Crippen LogP) is 7.09. The van der Waals surface area contributed by atoms with Gasteiger partial charge in [-0.05, 0) is 51.9 Å². The summed E-state index contributed by atoms with van der Waals surface area (Å²) >= 11 is 0. The quantitative estimate of drug-likeness (QED) is 0.295. The van der Waals surface area contributed by atoms with Crippen LogP contribution >= 0.6 is 0 Å². The Balaban J connectivity index is 4.10. The van der Waals surface area contributed by atoms with Crippen LogP contribution in [0.4, 0.5) is 0 Å². The van der Waals surface area contributed by atoms with Crippen LogP contribution in [0.1, 0.15) is 80.1 Å². The highest BCUT2D eigenvalue weighted by molar-refractivity contribution is 5.23. The van der Waals surface area contributed by atoms with Gasteiger partial charge in [0.05, 0.1) is 0 Å². The summed E-state index contributed by atoms with van der Waals surface area (Å²) in [6, 6.07) is 0. The van der Waals surface area contributed by atoms with Gasteiger partial charge in [0.15, 0.2) is 0 Å². The summed E-state index contributed by atoms with van der Waals surface area (Å²) in [5, 5.41) is 0. The second kappa shape index (κ2) is 12.0. The van der Waals surface area contributed by atoms with Crippen LogP contribution in [0, 0.1) is 11.8 Å². The molecule has 0 fully saturated rings. The van der Waals surface area contributed by atoms with Gasteiger partial charge in [0.1, 0.15) is 0 Å². The molecular formula is C20H36. The van der Waals surface area contributed by atoms with Crippen molar-refractivity contribution in [3.8, 4) is 0 Å². The highest BCUT2D eigenvalue weighted by Gasteiger charge is 2.13. The largest absolute Gasteiger partial charge is 0.0882 e. The van der Waals surface area contributed by atoms with Crippen molar-refractivity contribution >= 4 is 0 Å². The highest BCUT2D eigenvalue weighted by Crippen LogP contribution is 2.25. The summed E-state index contributed by atoms with van der Waals surface area (Å²) in [5.74, 6) is 1.79. The van der Waals surface area contributed by atoms with E-state index in [1.54, 1.807) is 0 Å². The molecule has 0 bridgehead atoms. The molecule has 0 heteroatoms. The van der Waals surface area contributed by atoms with Gasteiger partial charge in [-0.2, -0.15) is 0 Å². The molecule has 0 amide bonds. The van der Waals surface area contributed by atoms with E-state index in [1.165, 1.54) is 43.3 Å². The molecule has 0 aromatic carbocycles. The first kappa shape index (κ1) is 19.2. The molecular weight excluding hydrogens is 240 g/mol. The van der Waals surface area contributed by atoms with E-state index in [0.29, 0.717) is 0 Å². The fourth-order valence-corrected chi connectivity index (χ4v) is 2.82. The maximum atomic E-state index is 2.43. The lowest BCUT2D eigenvalue weighted by atomic mass is 9.85. The van der Waals surface area contributed by atoms with Gasteiger partial charge in [0, 0.05) is 0 Å². The Kier molecular flexibility index (Phi) is 11.5. The van der Waals surface area contributed by atoms with Crippen LogP contribution in [0.5, 0.6) is 0 Å². The zero-order valence-electron chi connectivity index (χ0n) is 14.7. The first-order chi connectivity index (χ1) is 9.56. The fraction of sp³-hybridized carbons (Fsp3) is 0.700. The summed E-state index contributed by atoms with van der Waals surface area (Å²) in [5.41, 5.74) is 2.88. The molecule has 0 aliphatic heterocycles. The monoisotopic (exact) mass is 276 g/mol. The average molecular weight is 277 g/mol. The third-order valence-corrected chi connectivity index (χ3v) is 4.46. The van der Waals surface area contributed by atoms with Crippen molar-refractivity contribution in [3.05, 3.63) is 35.5 Å². The molecule has 0 aromatic rings. The molecule has 116 valence electrons. The number of rotatable bonds is 10. The first-order valence-corrected chi connectivity index (χ1v) is 8.50. The van der Waals surface area contributed by atoms with Crippen molar-refractivity contribution in [2.75, 3.05) is 0 Å². The molecule has 0 saturated heterocycles. The molecule has 0 nitrogen and oxygen atoms in total. The van der Waals surface area contributed by atoms with E-state index in [2.05, 4.69) is 65.8 Å². The Labute approximate surface area is 128 Å². The van der Waals surface area contributed by atoms with Gasteiger partial charge in [-0.15, -0.1) is 0 Å². The van der Waals surface area contributed by atoms with E-state index in [4.69, 9.17) is 0 Å². The highest BCUT2D eigenvalue weighted by atomic mass is 14.2. The lowest BCUT2D eigenvalue weighted by Crippen LogP contribution is -2.10. The van der Waals surface area contributed by atoms with Gasteiger partial charge in [0.2, 0.25) is 0 Å². The summed E-state index contributed by atoms with van der Waals surface area (Å²) < 4.78 is 0. The van der Waals surface area contributed by atoms with Crippen molar-refractivity contribution in [1.82, 2.24) is 0 Å². The van der Waals surface area contributed by atoms with Gasteiger partial charge < -0.3 is 0 Å². The minimum atomic E-state index is 0.886. The maximum absolute atomic E-state index is 2.43. The Hall–Kier alpha value is -0.780. The van der Waals surface area contributed by atoms with Gasteiger partial charge in [-0.25, -0.2) is 0 Å². The molecule has 0 N–H and O–H groups in total. The smallest absolute Gasteiger partial charge is 0.0136 e. The van der Waals surface area contributed by atoms with Crippen LogP contribution in [0.25, 0.3) is 0 Å². The Morgan fingerprint density at radius 3 is 2.30 bits per heavy atom. The summed E-state index contributed by atoms with van der Waals surface area (Å²) in [6.07, 6.45) is 16.8. The van der Waals surface area contributed by atoms with Crippen LogP contribution in [0.3, 0.4) is 0 Å². The zero-order valence-corrected chi connectivity index (χ0v) is 14.7. The standard InChI is InChI=1S/C20H36/c1-7-13-17(4)18(5)15-11-10-12-16-20(9-3)19(6)14-8-2/h7,10-11,13,19-20H,8-9,12,14-16H2,1-6H3. The Morgan fingerprint density at radius 2 is 1.75 bits per heavy atom. The molecule has 0 spiro atoms. The van der Waals surface area contributed by atoms with Crippen LogP contribution in [0.15, 0.2) is 35.5 Å². The maximum Gasteiger partial charge on any atom is -0.0136 e. The molecule has 2 atom stereocenters. The predicted molar refractivity (Wildman–Crippen MR) is 94.0 cm³/mol. The van der Waals surface area contributed by atoms with Crippen LogP contribution in [-0.4, -0.2) is 0 Å². The number of hydrogen-bond acceptors (Lipinski definition) is 0. The first-order valence-electron chi connectivity index (χ1n) is 8.50. The van der Waals surface area contributed by atoms with Gasteiger partial charge >= 0.3 is 0 Å². The average Bonchev–Trinajstić information content (AvgIpc) is 2.42. The fourth-order valence-electron chi connectivity index (χ4n) is 2.82. The third kappa shape index (κ3) is 8.40. The minimum Gasteiger partial charge on any atom is -0.0882 e. The molecule has 0 saturated carbocycles. The number of hydrogen-bond donors (Lipinski definition) is 0. The van der Waals surface area contributed by atoms with E-state index in [0.717, 1.165) is 18.3 Å². The van der Waals surface area contributed by atoms with Crippen molar-refractivity contribution < 1.29 is 0 Å². The molecule has 0 aliphatic rings. The summed E-state index contributed by atoms with van der Waals surface area (Å²) in [6.45, 7) is 13.6. The topological polar surface area (TPSA) is 0 Å². The minimum absolute atomic E-state index is 0.886. The molecule has 0 aliphatic carbocycles. The van der Waals surface area contributed by atoms with E-state index in [9.17, 15) is 0 Å². The SMILES string of the molecule is CC=CC(C)=C(C)CC=CCCC(CC)C(C)CCC. The molecule has 0 radical (unpaired) electrons. The van der Waals surface area contributed by atoms with Gasteiger partial charge in [0.25, 0.3) is 0 Å². The van der Waals surface area contributed by atoms with Crippen LogP contribution in [-0.2, 0) is 0 Å². The second-order valence-corrected chi connectivity index (χ2v) is 6.15. The van der Waals surface area contributed by atoms with Gasteiger partial charge in [-0.1, -0.05) is 75.5 Å². The molecule has 0 aromatic heterocycles. The van der Waals surface area contributed by atoms with Crippen molar-refractivity contribution in [3.63, 3.8) is 0 Å². The van der Waals surface area contributed by atoms with Gasteiger partial charge in [-0.3, -0.25) is 0 Å². The molecule has 0 rings (SSSR count). The number of allylic oxidation sites excluding steroid dienone is 6. The van der Waals surface area contributed by atoms with E-state index in [1.807, 2.05) is 0 Å². The lowest BCUT2D eigenvalue weighted by Gasteiger charge is -2.21. The summed E-state index contributed by atoms with van der Waals surface area (Å²) in [4.78, 5) is 0.